The Morgan fingerprint density at radius 3 is 2.58 bits per heavy atom. The van der Waals surface area contributed by atoms with Crippen molar-refractivity contribution in [3.05, 3.63) is 35.3 Å². The van der Waals surface area contributed by atoms with E-state index < -0.39 is 11.9 Å². The minimum Gasteiger partial charge on any atom is -0.491 e. The fraction of sp³-hybridized carbons (Fsp3) is 0.421. The predicted octanol–water partition coefficient (Wildman–Crippen LogP) is 3.53. The molecule has 3 rings (SSSR count). The maximum absolute atomic E-state index is 12.7. The van der Waals surface area contributed by atoms with E-state index >= 15 is 0 Å². The van der Waals surface area contributed by atoms with Crippen LogP contribution >= 0.6 is 11.3 Å². The number of likely N-dealkylation sites (tertiary alicyclic amines) is 1. The Morgan fingerprint density at radius 2 is 2.00 bits per heavy atom. The number of carbonyl (C=O) groups excluding carboxylic acids is 1. The number of benzene rings is 1. The highest BCUT2D eigenvalue weighted by atomic mass is 32.1. The van der Waals surface area contributed by atoms with Crippen LogP contribution in [0.5, 0.6) is 5.75 Å². The lowest BCUT2D eigenvalue weighted by Gasteiger charge is -2.22. The van der Waals surface area contributed by atoms with Crippen molar-refractivity contribution < 1.29 is 19.4 Å². The van der Waals surface area contributed by atoms with E-state index in [0.29, 0.717) is 18.7 Å². The molecule has 0 spiro atoms. The van der Waals surface area contributed by atoms with E-state index in [-0.39, 0.29) is 18.1 Å². The average Bonchev–Trinajstić information content (AvgIpc) is 3.21. The summed E-state index contributed by atoms with van der Waals surface area (Å²) in [4.78, 5) is 30.0. The van der Waals surface area contributed by atoms with Crippen molar-refractivity contribution in [1.82, 2.24) is 9.88 Å². The lowest BCUT2D eigenvalue weighted by atomic mass is 10.0. The Labute approximate surface area is 156 Å². The van der Waals surface area contributed by atoms with Crippen molar-refractivity contribution >= 4 is 23.2 Å². The van der Waals surface area contributed by atoms with Crippen LogP contribution in [0, 0.1) is 5.92 Å². The van der Waals surface area contributed by atoms with Crippen LogP contribution in [0.4, 0.5) is 0 Å². The van der Waals surface area contributed by atoms with E-state index in [4.69, 9.17) is 4.74 Å². The third-order valence-electron chi connectivity index (χ3n) is 4.53. The number of amides is 1. The Morgan fingerprint density at radius 1 is 1.31 bits per heavy atom. The molecule has 2 heterocycles. The lowest BCUT2D eigenvalue weighted by molar-refractivity contribution is -0.142. The van der Waals surface area contributed by atoms with Crippen molar-refractivity contribution in [3.63, 3.8) is 0 Å². The summed E-state index contributed by atoms with van der Waals surface area (Å²) < 4.78 is 5.63. The topological polar surface area (TPSA) is 79.7 Å². The molecule has 0 aliphatic carbocycles. The number of thiazole rings is 1. The number of aliphatic carboxylic acids is 1. The predicted molar refractivity (Wildman–Crippen MR) is 99.6 cm³/mol. The molecule has 1 amide bonds. The van der Waals surface area contributed by atoms with Gasteiger partial charge in [-0.25, -0.2) is 4.98 Å². The Bertz CT molecular complexity index is 800. The van der Waals surface area contributed by atoms with E-state index in [2.05, 4.69) is 4.98 Å². The molecule has 26 heavy (non-hydrogen) atoms. The summed E-state index contributed by atoms with van der Waals surface area (Å²) in [5, 5.41) is 11.7. The SMILES string of the molecule is CC(C)Oc1ccc(-c2nc(C(=O)N3CCC(C(=O)O)C3C)cs2)cc1. The zero-order chi connectivity index (χ0) is 18.8. The summed E-state index contributed by atoms with van der Waals surface area (Å²) in [5.41, 5.74) is 1.29. The first kappa shape index (κ1) is 18.4. The highest BCUT2D eigenvalue weighted by molar-refractivity contribution is 7.13. The minimum absolute atomic E-state index is 0.113. The number of aromatic nitrogens is 1. The summed E-state index contributed by atoms with van der Waals surface area (Å²) >= 11 is 1.40. The second kappa shape index (κ2) is 7.45. The molecular formula is C19H22N2O4S. The molecule has 2 unspecified atom stereocenters. The molecule has 0 radical (unpaired) electrons. The van der Waals surface area contributed by atoms with Crippen LogP contribution in [0.3, 0.4) is 0 Å². The second-order valence-corrected chi connectivity index (χ2v) is 7.56. The van der Waals surface area contributed by atoms with Gasteiger partial charge in [0.05, 0.1) is 12.0 Å². The van der Waals surface area contributed by atoms with Crippen LogP contribution in [0.1, 0.15) is 37.7 Å². The van der Waals surface area contributed by atoms with Gasteiger partial charge >= 0.3 is 5.97 Å². The fourth-order valence-electron chi connectivity index (χ4n) is 3.16. The summed E-state index contributed by atoms with van der Waals surface area (Å²) in [6, 6.07) is 7.29. The number of rotatable bonds is 5. The third-order valence-corrected chi connectivity index (χ3v) is 5.42. The minimum atomic E-state index is -0.851. The highest BCUT2D eigenvalue weighted by Crippen LogP contribution is 2.29. The summed E-state index contributed by atoms with van der Waals surface area (Å²) in [6.07, 6.45) is 0.596. The van der Waals surface area contributed by atoms with Gasteiger partial charge in [0.25, 0.3) is 5.91 Å². The molecular weight excluding hydrogens is 352 g/mol. The van der Waals surface area contributed by atoms with Crippen molar-refractivity contribution in [1.29, 1.82) is 0 Å². The second-order valence-electron chi connectivity index (χ2n) is 6.70. The zero-order valence-electron chi connectivity index (χ0n) is 15.0. The molecule has 1 N–H and O–H groups in total. The van der Waals surface area contributed by atoms with Gasteiger partial charge in [-0.05, 0) is 51.5 Å². The number of carboxylic acids is 1. The molecule has 1 fully saturated rings. The maximum Gasteiger partial charge on any atom is 0.308 e. The first-order valence-corrected chi connectivity index (χ1v) is 9.51. The van der Waals surface area contributed by atoms with Gasteiger partial charge in [-0.1, -0.05) is 0 Å². The van der Waals surface area contributed by atoms with Crippen LogP contribution in [0.2, 0.25) is 0 Å². The smallest absolute Gasteiger partial charge is 0.308 e. The molecule has 2 aromatic rings. The van der Waals surface area contributed by atoms with Gasteiger partial charge < -0.3 is 14.7 Å². The third kappa shape index (κ3) is 3.72. The molecule has 7 heteroatoms. The van der Waals surface area contributed by atoms with Crippen LogP contribution in [0.15, 0.2) is 29.6 Å². The summed E-state index contributed by atoms with van der Waals surface area (Å²) in [6.45, 7) is 6.18. The fourth-order valence-corrected chi connectivity index (χ4v) is 3.96. The number of hydrogen-bond donors (Lipinski definition) is 1. The maximum atomic E-state index is 12.7. The first-order chi connectivity index (χ1) is 12.4. The van der Waals surface area contributed by atoms with Crippen LogP contribution < -0.4 is 4.74 Å². The molecule has 1 aliphatic heterocycles. The van der Waals surface area contributed by atoms with Gasteiger partial charge in [0.1, 0.15) is 16.5 Å². The van der Waals surface area contributed by atoms with Gasteiger partial charge in [0.15, 0.2) is 0 Å². The van der Waals surface area contributed by atoms with Crippen LogP contribution in [-0.4, -0.2) is 45.6 Å². The van der Waals surface area contributed by atoms with E-state index in [9.17, 15) is 14.7 Å². The normalized spacial score (nSPS) is 19.8. The van der Waals surface area contributed by atoms with E-state index in [1.807, 2.05) is 38.1 Å². The zero-order valence-corrected chi connectivity index (χ0v) is 15.8. The molecule has 1 aromatic heterocycles. The molecule has 138 valence electrons. The van der Waals surface area contributed by atoms with E-state index in [1.54, 1.807) is 17.2 Å². The molecule has 1 aromatic carbocycles. The quantitative estimate of drug-likeness (QED) is 0.866. The highest BCUT2D eigenvalue weighted by Gasteiger charge is 2.38. The number of hydrogen-bond acceptors (Lipinski definition) is 5. The molecule has 0 saturated carbocycles. The monoisotopic (exact) mass is 374 g/mol. The Kier molecular flexibility index (Phi) is 5.27. The average molecular weight is 374 g/mol. The van der Waals surface area contributed by atoms with Crippen molar-refractivity contribution in [2.24, 2.45) is 5.92 Å². The van der Waals surface area contributed by atoms with Crippen LogP contribution in [0.25, 0.3) is 10.6 Å². The summed E-state index contributed by atoms with van der Waals surface area (Å²) in [7, 11) is 0. The number of carboxylic acid groups (broad SMARTS) is 1. The number of nitrogens with zero attached hydrogens (tertiary/aromatic N) is 2. The largest absolute Gasteiger partial charge is 0.491 e. The van der Waals surface area contributed by atoms with E-state index in [0.717, 1.165) is 16.3 Å². The lowest BCUT2D eigenvalue weighted by Crippen LogP contribution is -2.37. The first-order valence-electron chi connectivity index (χ1n) is 8.63. The molecule has 0 bridgehead atoms. The number of ether oxygens (including phenoxy) is 1. The van der Waals surface area contributed by atoms with Crippen LogP contribution in [-0.2, 0) is 4.79 Å². The van der Waals surface area contributed by atoms with Gasteiger partial charge in [0, 0.05) is 23.5 Å². The summed E-state index contributed by atoms with van der Waals surface area (Å²) in [5.74, 6) is -0.772. The van der Waals surface area contributed by atoms with E-state index in [1.165, 1.54) is 11.3 Å². The van der Waals surface area contributed by atoms with Crippen molar-refractivity contribution in [2.45, 2.75) is 39.3 Å². The molecule has 1 aliphatic rings. The standard InChI is InChI=1S/C19H22N2O4S/c1-11(2)25-14-6-4-13(5-7-14)17-20-16(10-26-17)18(22)21-9-8-15(12(21)3)19(23)24/h4-7,10-12,15H,8-9H2,1-3H3,(H,23,24). The molecule has 6 nitrogen and oxygen atoms in total. The Balaban J connectivity index is 1.73. The molecule has 2 atom stereocenters. The van der Waals surface area contributed by atoms with Gasteiger partial charge in [-0.2, -0.15) is 0 Å². The van der Waals surface area contributed by atoms with Gasteiger partial charge in [0.2, 0.25) is 0 Å². The van der Waals surface area contributed by atoms with Gasteiger partial charge in [-0.15, -0.1) is 11.3 Å². The van der Waals surface area contributed by atoms with Crippen molar-refractivity contribution in [3.8, 4) is 16.3 Å². The van der Waals surface area contributed by atoms with Gasteiger partial charge in [-0.3, -0.25) is 9.59 Å². The Hall–Kier alpha value is -2.41. The molecule has 1 saturated heterocycles. The van der Waals surface area contributed by atoms with Crippen molar-refractivity contribution in [2.75, 3.05) is 6.54 Å². The number of carbonyl (C=O) groups is 2.